The number of fused-ring (bicyclic) bond motifs is 1. The van der Waals surface area contributed by atoms with Crippen LogP contribution in [0.15, 0.2) is 6.33 Å². The van der Waals surface area contributed by atoms with Gasteiger partial charge in [0.1, 0.15) is 12.1 Å². The van der Waals surface area contributed by atoms with Gasteiger partial charge in [-0.3, -0.25) is 4.90 Å². The van der Waals surface area contributed by atoms with E-state index in [1.807, 2.05) is 4.52 Å². The zero-order valence-corrected chi connectivity index (χ0v) is 13.4. The van der Waals surface area contributed by atoms with E-state index < -0.39 is 0 Å². The molecule has 0 amide bonds. The fourth-order valence-electron chi connectivity index (χ4n) is 3.16. The van der Waals surface area contributed by atoms with Crippen molar-refractivity contribution in [3.05, 3.63) is 17.6 Å². The monoisotopic (exact) mass is 288 g/mol. The first-order chi connectivity index (χ1) is 10.1. The standard InChI is InChI=1S/C15H24N6/c1-5-13-12(4)18-15-16-10-17-21(15)14(13)20-8-6-19(7-9-20)11(2)3/h10-11H,5-9H2,1-4H3. The molecule has 1 fully saturated rings. The highest BCUT2D eigenvalue weighted by Gasteiger charge is 2.24. The van der Waals surface area contributed by atoms with Gasteiger partial charge in [-0.25, -0.2) is 4.98 Å². The van der Waals surface area contributed by atoms with Crippen molar-refractivity contribution in [2.45, 2.75) is 40.2 Å². The maximum absolute atomic E-state index is 4.56. The number of nitrogens with zero attached hydrogens (tertiary/aromatic N) is 6. The number of anilines is 1. The van der Waals surface area contributed by atoms with Crippen molar-refractivity contribution in [2.24, 2.45) is 0 Å². The summed E-state index contributed by atoms with van der Waals surface area (Å²) in [6, 6.07) is 0.614. The molecular weight excluding hydrogens is 264 g/mol. The van der Waals surface area contributed by atoms with Gasteiger partial charge in [0.2, 0.25) is 0 Å². The molecule has 3 rings (SSSR count). The predicted molar refractivity (Wildman–Crippen MR) is 83.8 cm³/mol. The topological polar surface area (TPSA) is 49.6 Å². The van der Waals surface area contributed by atoms with E-state index in [-0.39, 0.29) is 0 Å². The lowest BCUT2D eigenvalue weighted by Crippen LogP contribution is -2.49. The first-order valence-electron chi connectivity index (χ1n) is 7.80. The van der Waals surface area contributed by atoms with Gasteiger partial charge in [0.05, 0.1) is 0 Å². The van der Waals surface area contributed by atoms with E-state index in [4.69, 9.17) is 0 Å². The molecule has 2 aromatic heterocycles. The van der Waals surface area contributed by atoms with Crippen LogP contribution in [0.5, 0.6) is 0 Å². The van der Waals surface area contributed by atoms with Gasteiger partial charge in [0.15, 0.2) is 0 Å². The molecule has 21 heavy (non-hydrogen) atoms. The lowest BCUT2D eigenvalue weighted by atomic mass is 10.1. The predicted octanol–water partition coefficient (Wildman–Crippen LogP) is 1.53. The molecule has 0 saturated carbocycles. The van der Waals surface area contributed by atoms with Crippen LogP contribution in [0.4, 0.5) is 5.82 Å². The fraction of sp³-hybridized carbons (Fsp3) is 0.667. The van der Waals surface area contributed by atoms with Crippen molar-refractivity contribution < 1.29 is 0 Å². The quantitative estimate of drug-likeness (QED) is 0.857. The Morgan fingerprint density at radius 2 is 1.90 bits per heavy atom. The van der Waals surface area contributed by atoms with Crippen molar-refractivity contribution in [3.63, 3.8) is 0 Å². The summed E-state index contributed by atoms with van der Waals surface area (Å²) in [6.45, 7) is 13.0. The number of aryl methyl sites for hydroxylation is 1. The number of piperazine rings is 1. The second kappa shape index (κ2) is 5.60. The molecule has 1 aliphatic heterocycles. The third-order valence-corrected chi connectivity index (χ3v) is 4.40. The molecule has 0 N–H and O–H groups in total. The molecular formula is C15H24N6. The summed E-state index contributed by atoms with van der Waals surface area (Å²) in [4.78, 5) is 13.8. The smallest absolute Gasteiger partial charge is 0.254 e. The van der Waals surface area contributed by atoms with E-state index in [2.05, 4.69) is 52.6 Å². The van der Waals surface area contributed by atoms with Gasteiger partial charge in [-0.05, 0) is 27.2 Å². The summed E-state index contributed by atoms with van der Waals surface area (Å²) >= 11 is 0. The largest absolute Gasteiger partial charge is 0.354 e. The summed E-state index contributed by atoms with van der Waals surface area (Å²) in [6.07, 6.45) is 2.56. The van der Waals surface area contributed by atoms with Crippen molar-refractivity contribution in [1.29, 1.82) is 0 Å². The highest BCUT2D eigenvalue weighted by atomic mass is 15.4. The van der Waals surface area contributed by atoms with Crippen LogP contribution < -0.4 is 4.90 Å². The molecule has 0 unspecified atom stereocenters. The van der Waals surface area contributed by atoms with Gasteiger partial charge < -0.3 is 4.90 Å². The van der Waals surface area contributed by atoms with Gasteiger partial charge in [-0.2, -0.15) is 14.6 Å². The van der Waals surface area contributed by atoms with Crippen LogP contribution >= 0.6 is 0 Å². The highest BCUT2D eigenvalue weighted by Crippen LogP contribution is 2.25. The second-order valence-electron chi connectivity index (χ2n) is 5.94. The van der Waals surface area contributed by atoms with E-state index in [1.165, 1.54) is 11.4 Å². The summed E-state index contributed by atoms with van der Waals surface area (Å²) in [7, 11) is 0. The Kier molecular flexibility index (Phi) is 3.80. The number of hydrogen-bond acceptors (Lipinski definition) is 5. The first-order valence-corrected chi connectivity index (χ1v) is 7.80. The molecule has 1 aliphatic rings. The molecule has 2 aromatic rings. The van der Waals surface area contributed by atoms with Crippen LogP contribution in [0.3, 0.4) is 0 Å². The molecule has 6 heteroatoms. The van der Waals surface area contributed by atoms with E-state index in [0.29, 0.717) is 11.8 Å². The minimum atomic E-state index is 0.614. The molecule has 0 spiro atoms. The second-order valence-corrected chi connectivity index (χ2v) is 5.94. The van der Waals surface area contributed by atoms with Crippen LogP contribution in [-0.2, 0) is 6.42 Å². The molecule has 0 radical (unpaired) electrons. The lowest BCUT2D eigenvalue weighted by molar-refractivity contribution is 0.208. The number of aromatic nitrogens is 4. The van der Waals surface area contributed by atoms with E-state index in [1.54, 1.807) is 6.33 Å². The van der Waals surface area contributed by atoms with Crippen LogP contribution in [0, 0.1) is 6.92 Å². The fourth-order valence-corrected chi connectivity index (χ4v) is 3.16. The zero-order chi connectivity index (χ0) is 15.0. The summed E-state index contributed by atoms with van der Waals surface area (Å²) in [5.74, 6) is 1.88. The molecule has 0 aromatic carbocycles. The summed E-state index contributed by atoms with van der Waals surface area (Å²) in [5, 5.41) is 4.39. The van der Waals surface area contributed by atoms with E-state index >= 15 is 0 Å². The van der Waals surface area contributed by atoms with Gasteiger partial charge >= 0.3 is 0 Å². The Morgan fingerprint density at radius 1 is 1.19 bits per heavy atom. The third-order valence-electron chi connectivity index (χ3n) is 4.40. The Hall–Kier alpha value is -1.69. The van der Waals surface area contributed by atoms with Gasteiger partial charge in [-0.1, -0.05) is 6.92 Å². The minimum absolute atomic E-state index is 0.614. The maximum Gasteiger partial charge on any atom is 0.254 e. The Labute approximate surface area is 125 Å². The molecule has 0 bridgehead atoms. The third kappa shape index (κ3) is 2.48. The Bertz CT molecular complexity index is 624. The lowest BCUT2D eigenvalue weighted by Gasteiger charge is -2.38. The van der Waals surface area contributed by atoms with Crippen molar-refractivity contribution in [2.75, 3.05) is 31.1 Å². The zero-order valence-electron chi connectivity index (χ0n) is 13.4. The normalized spacial score (nSPS) is 17.1. The Balaban J connectivity index is 1.98. The highest BCUT2D eigenvalue weighted by molar-refractivity contribution is 5.55. The van der Waals surface area contributed by atoms with Crippen molar-refractivity contribution in [1.82, 2.24) is 24.5 Å². The first kappa shape index (κ1) is 14.3. The minimum Gasteiger partial charge on any atom is -0.354 e. The van der Waals surface area contributed by atoms with Gasteiger partial charge in [-0.15, -0.1) is 0 Å². The van der Waals surface area contributed by atoms with Gasteiger partial charge in [0.25, 0.3) is 5.78 Å². The average molecular weight is 288 g/mol. The summed E-state index contributed by atoms with van der Waals surface area (Å²) in [5.41, 5.74) is 2.35. The van der Waals surface area contributed by atoms with E-state index in [0.717, 1.165) is 38.3 Å². The van der Waals surface area contributed by atoms with Crippen LogP contribution in [0.1, 0.15) is 32.0 Å². The SMILES string of the molecule is CCc1c(C)nc2ncnn2c1N1CCN(C(C)C)CC1. The molecule has 6 nitrogen and oxygen atoms in total. The Morgan fingerprint density at radius 3 is 2.52 bits per heavy atom. The number of hydrogen-bond donors (Lipinski definition) is 0. The van der Waals surface area contributed by atoms with Crippen LogP contribution in [0.2, 0.25) is 0 Å². The van der Waals surface area contributed by atoms with E-state index in [9.17, 15) is 0 Å². The number of rotatable bonds is 3. The molecule has 0 aliphatic carbocycles. The maximum atomic E-state index is 4.56. The van der Waals surface area contributed by atoms with Crippen LogP contribution in [0.25, 0.3) is 5.78 Å². The molecule has 0 atom stereocenters. The summed E-state index contributed by atoms with van der Waals surface area (Å²) < 4.78 is 1.90. The average Bonchev–Trinajstić information content (AvgIpc) is 2.93. The molecule has 114 valence electrons. The van der Waals surface area contributed by atoms with Crippen molar-refractivity contribution >= 4 is 11.6 Å². The van der Waals surface area contributed by atoms with Crippen LogP contribution in [-0.4, -0.2) is 56.7 Å². The van der Waals surface area contributed by atoms with Crippen molar-refractivity contribution in [3.8, 4) is 0 Å². The molecule has 1 saturated heterocycles. The molecule has 3 heterocycles. The van der Waals surface area contributed by atoms with Gasteiger partial charge in [0, 0.05) is 43.5 Å².